The molecular formula is C34H51N6PPb2. The average Bonchev–Trinajstić information content (AvgIpc) is 3.48. The maximum absolute atomic E-state index is 5.79. The van der Waals surface area contributed by atoms with Crippen LogP contribution in [-0.4, -0.2) is 107 Å². The summed E-state index contributed by atoms with van der Waals surface area (Å²) in [5, 5.41) is 7.64. The van der Waals surface area contributed by atoms with Crippen LogP contribution in [0.5, 0.6) is 0 Å². The Hall–Kier alpha value is -0.946. The number of hydrazone groups is 1. The van der Waals surface area contributed by atoms with Crippen LogP contribution in [0, 0.1) is 5.92 Å². The Kier molecular flexibility index (Phi) is 18.6. The number of benzene rings is 2. The zero-order valence-electron chi connectivity index (χ0n) is 26.6. The van der Waals surface area contributed by atoms with Crippen LogP contribution in [0.15, 0.2) is 89.1 Å². The summed E-state index contributed by atoms with van der Waals surface area (Å²) < 4.78 is 2.38. The third kappa shape index (κ3) is 12.8. The molecule has 1 heterocycles. The number of nitrogens with one attached hydrogen (secondary N) is 1. The summed E-state index contributed by atoms with van der Waals surface area (Å²) in [6, 6.07) is 19.7. The van der Waals surface area contributed by atoms with Crippen molar-refractivity contribution in [3.05, 3.63) is 95.7 Å². The van der Waals surface area contributed by atoms with Gasteiger partial charge in [0.2, 0.25) is 0 Å². The molecule has 3 N–H and O–H groups in total. The van der Waals surface area contributed by atoms with Crippen LogP contribution in [-0.2, 0) is 13.0 Å². The molecule has 6 radical (unpaired) electrons. The Balaban J connectivity index is 0.00000316. The van der Waals surface area contributed by atoms with E-state index < -0.39 is 0 Å². The van der Waals surface area contributed by atoms with E-state index in [-0.39, 0.29) is 17.9 Å². The molecule has 43 heavy (non-hydrogen) atoms. The van der Waals surface area contributed by atoms with Gasteiger partial charge >= 0.3 is 186 Å². The molecule has 0 amide bonds. The third-order valence-corrected chi connectivity index (χ3v) is 11.8. The predicted molar refractivity (Wildman–Crippen MR) is 192 cm³/mol. The summed E-state index contributed by atoms with van der Waals surface area (Å²) in [5.74, 6) is 6.42. The Labute approximate surface area is 295 Å². The zero-order valence-corrected chi connectivity index (χ0v) is 35.5. The molecule has 3 rings (SSSR count). The molecule has 1 aliphatic rings. The van der Waals surface area contributed by atoms with Crippen molar-refractivity contribution in [1.82, 2.24) is 15.1 Å². The minimum Gasteiger partial charge on any atom is -0.0683 e. The van der Waals surface area contributed by atoms with Crippen molar-refractivity contribution in [2.24, 2.45) is 21.9 Å². The molecule has 2 aromatic carbocycles. The summed E-state index contributed by atoms with van der Waals surface area (Å²) in [6.45, 7) is 20.1. The predicted octanol–water partition coefficient (Wildman–Crippen LogP) is 5.42. The number of aryl methyl sites for hydroxylation is 1. The first-order chi connectivity index (χ1) is 20.7. The van der Waals surface area contributed by atoms with Crippen LogP contribution in [0.1, 0.15) is 63.0 Å². The van der Waals surface area contributed by atoms with Gasteiger partial charge in [0.25, 0.3) is 0 Å². The van der Waals surface area contributed by atoms with E-state index in [1.165, 1.54) is 87.7 Å². The number of aliphatic imine (C=N–C) groups is 1. The molecular weight excluding hydrogens is 938 g/mol. The van der Waals surface area contributed by atoms with Crippen molar-refractivity contribution in [3.63, 3.8) is 0 Å². The minimum atomic E-state index is 0.186. The fourth-order valence-corrected chi connectivity index (χ4v) is 10.4. The molecule has 4 atom stereocenters. The number of nitrogens with two attached hydrogens (primary N) is 1. The second kappa shape index (κ2) is 21.0. The Morgan fingerprint density at radius 3 is 2.33 bits per heavy atom. The molecule has 0 saturated carbocycles. The standard InChI is InChI=1S/C32H45N6P.C2H6.2Pb/c1-23(2)25(4)31-18-30(22-38(31)24(3)21-37(5)6)34-20-29(36-33)17-14-26-12-15-28(16-13-26)32(39)35-19-27-10-8-7-9-11-27;1-2;;/h7-13,15-16,20,23,30-32,35H,3-6,14,17-19,21-22,33,39H2,1-2H3;1-2H3;;/b34-20?,36-29-;;;. The molecule has 1 saturated heterocycles. The molecule has 2 aromatic rings. The molecule has 0 aliphatic carbocycles. The van der Waals surface area contributed by atoms with E-state index in [0.717, 1.165) is 44.6 Å². The van der Waals surface area contributed by atoms with Crippen molar-refractivity contribution in [2.45, 2.75) is 71.4 Å². The van der Waals surface area contributed by atoms with E-state index in [0.29, 0.717) is 5.92 Å². The van der Waals surface area contributed by atoms with Gasteiger partial charge < -0.3 is 5.32 Å². The third-order valence-electron chi connectivity index (χ3n) is 7.69. The van der Waals surface area contributed by atoms with Crippen LogP contribution in [0.2, 0.25) is 0 Å². The van der Waals surface area contributed by atoms with Gasteiger partial charge in [-0.05, 0) is 16.7 Å². The quantitative estimate of drug-likeness (QED) is 0.0590. The van der Waals surface area contributed by atoms with Crippen LogP contribution in [0.25, 0.3) is 0 Å². The van der Waals surface area contributed by atoms with Gasteiger partial charge in [0.15, 0.2) is 0 Å². The summed E-state index contributed by atoms with van der Waals surface area (Å²) in [5.41, 5.74) is 7.09. The van der Waals surface area contributed by atoms with Crippen molar-refractivity contribution in [2.75, 3.05) is 21.3 Å². The van der Waals surface area contributed by atoms with Gasteiger partial charge in [-0.15, -0.1) is 9.24 Å². The van der Waals surface area contributed by atoms with E-state index in [1.807, 2.05) is 26.1 Å². The van der Waals surface area contributed by atoms with Crippen LogP contribution in [0.4, 0.5) is 0 Å². The van der Waals surface area contributed by atoms with Crippen LogP contribution in [0.3, 0.4) is 0 Å². The molecule has 230 valence electrons. The van der Waals surface area contributed by atoms with E-state index >= 15 is 0 Å². The van der Waals surface area contributed by atoms with Crippen molar-refractivity contribution < 1.29 is 0 Å². The fraction of sp³-hybridized carbons (Fsp3) is 0.471. The first-order valence-corrected chi connectivity index (χ1v) is 21.5. The number of rotatable bonds is 16. The molecule has 0 bridgehead atoms. The van der Waals surface area contributed by atoms with Crippen LogP contribution >= 0.6 is 9.24 Å². The monoisotopic (exact) mass is 990 g/mol. The van der Waals surface area contributed by atoms with Gasteiger partial charge in [-0.25, -0.2) is 0 Å². The summed E-state index contributed by atoms with van der Waals surface area (Å²) in [7, 11) is 2.90. The maximum Gasteiger partial charge on any atom is -0.0683 e. The van der Waals surface area contributed by atoms with Gasteiger partial charge in [0.1, 0.15) is 0 Å². The van der Waals surface area contributed by atoms with Gasteiger partial charge in [-0.2, -0.15) is 0 Å². The Bertz CT molecular complexity index is 1170. The van der Waals surface area contributed by atoms with E-state index in [2.05, 4.69) is 105 Å². The largest absolute Gasteiger partial charge is 0.0683 e. The Morgan fingerprint density at radius 2 is 1.74 bits per heavy atom. The first-order valence-electron chi connectivity index (χ1n) is 15.3. The van der Waals surface area contributed by atoms with Gasteiger partial charge in [-0.3, -0.25) is 0 Å². The van der Waals surface area contributed by atoms with E-state index in [9.17, 15) is 0 Å². The smallest absolute Gasteiger partial charge is 0.0683 e. The minimum absolute atomic E-state index is 0.186. The normalized spacial score (nSPS) is 17.8. The van der Waals surface area contributed by atoms with E-state index in [4.69, 9.17) is 10.8 Å². The SMILES string of the molecule is C=C(C(C)C)C1CC(N=C/C(CCc2ccc(C(P)NCc3ccccc3)cc2)=N\N)CN1C(=C)CN([CH2][Pb])[CH2][Pb].CC. The molecule has 0 spiro atoms. The number of hydrogen-bond donors (Lipinski definition) is 2. The van der Waals surface area contributed by atoms with Crippen molar-refractivity contribution >= 4 is 72.7 Å². The number of likely N-dealkylation sites (tertiary alicyclic amines) is 1. The summed E-state index contributed by atoms with van der Waals surface area (Å²) in [4.78, 5) is 9.95. The molecule has 1 aliphatic heterocycles. The average molecular weight is 989 g/mol. The van der Waals surface area contributed by atoms with Crippen molar-refractivity contribution in [1.29, 1.82) is 0 Å². The summed E-state index contributed by atoms with van der Waals surface area (Å²) in [6.07, 6.45) is 4.49. The number of nitrogens with zero attached hydrogens (tertiary/aromatic N) is 4. The van der Waals surface area contributed by atoms with E-state index in [1.54, 1.807) is 0 Å². The molecule has 6 nitrogen and oxygen atoms in total. The van der Waals surface area contributed by atoms with Gasteiger partial charge in [0, 0.05) is 12.3 Å². The molecule has 4 unspecified atom stereocenters. The van der Waals surface area contributed by atoms with Crippen LogP contribution < -0.4 is 11.2 Å². The first kappa shape index (κ1) is 38.2. The second-order valence-corrected chi connectivity index (χ2v) is 14.1. The number of hydrogen-bond acceptors (Lipinski definition) is 6. The van der Waals surface area contributed by atoms with Gasteiger partial charge in [-0.1, -0.05) is 68.4 Å². The molecule has 9 heteroatoms. The zero-order chi connectivity index (χ0) is 31.8. The van der Waals surface area contributed by atoms with Gasteiger partial charge in [0.05, 0.1) is 0 Å². The Morgan fingerprint density at radius 1 is 1.09 bits per heavy atom. The topological polar surface area (TPSA) is 69.2 Å². The molecule has 0 aromatic heterocycles. The maximum atomic E-state index is 5.79. The summed E-state index contributed by atoms with van der Waals surface area (Å²) >= 11 is 2.38. The van der Waals surface area contributed by atoms with Crippen molar-refractivity contribution in [3.8, 4) is 0 Å². The molecule has 1 fully saturated rings. The fourth-order valence-electron chi connectivity index (χ4n) is 4.98. The second-order valence-electron chi connectivity index (χ2n) is 11.0.